The van der Waals surface area contributed by atoms with Gasteiger partial charge in [-0.25, -0.2) is 0 Å². The molecular formula is C11H8BrClO2S. The molecule has 0 amide bonds. The molecule has 2 rings (SSSR count). The lowest BCUT2D eigenvalue weighted by atomic mass is 10.0. The molecule has 0 aliphatic carbocycles. The van der Waals surface area contributed by atoms with Crippen molar-refractivity contribution in [3.63, 3.8) is 0 Å². The highest BCUT2D eigenvalue weighted by Gasteiger charge is 2.13. The summed E-state index contributed by atoms with van der Waals surface area (Å²) in [6.45, 7) is 0. The average molecular weight is 320 g/mol. The van der Waals surface area contributed by atoms with Crippen LogP contribution in [-0.4, -0.2) is 11.1 Å². The number of benzene rings is 1. The second kappa shape index (κ2) is 4.73. The number of thiophene rings is 1. The van der Waals surface area contributed by atoms with E-state index in [0.717, 1.165) is 21.2 Å². The summed E-state index contributed by atoms with van der Waals surface area (Å²) >= 11 is 11.0. The maximum absolute atomic E-state index is 10.8. The first kappa shape index (κ1) is 11.9. The van der Waals surface area contributed by atoms with Crippen molar-refractivity contribution in [1.82, 2.24) is 0 Å². The predicted octanol–water partition coefficient (Wildman–Crippen LogP) is 4.08. The van der Waals surface area contributed by atoms with E-state index >= 15 is 0 Å². The summed E-state index contributed by atoms with van der Waals surface area (Å²) in [6.07, 6.45) is 0.0321. The molecule has 0 bridgehead atoms. The Morgan fingerprint density at radius 3 is 2.81 bits per heavy atom. The van der Waals surface area contributed by atoms with Gasteiger partial charge in [0.15, 0.2) is 0 Å². The Labute approximate surface area is 110 Å². The van der Waals surface area contributed by atoms with Crippen LogP contribution in [0.15, 0.2) is 17.5 Å². The van der Waals surface area contributed by atoms with Crippen molar-refractivity contribution in [1.29, 1.82) is 0 Å². The maximum Gasteiger partial charge on any atom is 0.307 e. The Balaban J connectivity index is 2.68. The van der Waals surface area contributed by atoms with Gasteiger partial charge in [0.2, 0.25) is 0 Å². The summed E-state index contributed by atoms with van der Waals surface area (Å²) in [6, 6.07) is 3.55. The summed E-state index contributed by atoms with van der Waals surface area (Å²) in [5.41, 5.74) is 1.92. The van der Waals surface area contributed by atoms with E-state index in [1.54, 1.807) is 23.5 Å². The minimum absolute atomic E-state index is 0.0321. The lowest BCUT2D eigenvalue weighted by molar-refractivity contribution is -0.136. The van der Waals surface area contributed by atoms with Crippen LogP contribution in [0.1, 0.15) is 11.1 Å². The number of carbonyl (C=O) groups is 1. The number of alkyl halides is 1. The van der Waals surface area contributed by atoms with Gasteiger partial charge in [0.1, 0.15) is 0 Å². The van der Waals surface area contributed by atoms with E-state index in [0.29, 0.717) is 10.4 Å². The Morgan fingerprint density at radius 2 is 2.19 bits per heavy atom. The molecule has 2 nitrogen and oxygen atoms in total. The lowest BCUT2D eigenvalue weighted by Crippen LogP contribution is -2.00. The molecule has 0 radical (unpaired) electrons. The lowest BCUT2D eigenvalue weighted by Gasteiger charge is -2.03. The minimum atomic E-state index is -0.824. The minimum Gasteiger partial charge on any atom is -0.481 e. The Bertz CT molecular complexity index is 550. The first-order chi connectivity index (χ1) is 7.63. The molecule has 0 saturated heterocycles. The third kappa shape index (κ3) is 2.10. The van der Waals surface area contributed by atoms with E-state index < -0.39 is 5.97 Å². The van der Waals surface area contributed by atoms with Gasteiger partial charge in [0.25, 0.3) is 0 Å². The van der Waals surface area contributed by atoms with Gasteiger partial charge in [0, 0.05) is 10.7 Å². The molecule has 0 saturated carbocycles. The number of hydrogen-bond donors (Lipinski definition) is 1. The normalized spacial score (nSPS) is 10.9. The molecule has 16 heavy (non-hydrogen) atoms. The monoisotopic (exact) mass is 318 g/mol. The second-order valence-corrected chi connectivity index (χ2v) is 5.22. The Kier molecular flexibility index (Phi) is 3.52. The molecule has 0 aliphatic heterocycles. The van der Waals surface area contributed by atoms with Crippen LogP contribution < -0.4 is 0 Å². The SMILES string of the molecule is O=C(O)Cc1ccc(Cl)c2scc(CBr)c12. The van der Waals surface area contributed by atoms with Crippen molar-refractivity contribution in [2.75, 3.05) is 0 Å². The van der Waals surface area contributed by atoms with Crippen molar-refractivity contribution < 1.29 is 9.90 Å². The maximum atomic E-state index is 10.8. The molecule has 1 aromatic carbocycles. The fourth-order valence-corrected chi connectivity index (χ4v) is 3.63. The van der Waals surface area contributed by atoms with Crippen LogP contribution in [0.4, 0.5) is 0 Å². The van der Waals surface area contributed by atoms with Gasteiger partial charge in [-0.3, -0.25) is 4.79 Å². The van der Waals surface area contributed by atoms with E-state index in [1.807, 2.05) is 5.38 Å². The highest BCUT2D eigenvalue weighted by Crippen LogP contribution is 2.35. The van der Waals surface area contributed by atoms with Gasteiger partial charge in [-0.05, 0) is 22.6 Å². The van der Waals surface area contributed by atoms with Crippen LogP contribution in [0.25, 0.3) is 10.1 Å². The van der Waals surface area contributed by atoms with Crippen molar-refractivity contribution in [3.8, 4) is 0 Å². The fraction of sp³-hybridized carbons (Fsp3) is 0.182. The summed E-state index contributed by atoms with van der Waals surface area (Å²) in [4.78, 5) is 10.8. The molecule has 1 aromatic heterocycles. The zero-order valence-corrected chi connectivity index (χ0v) is 11.3. The van der Waals surface area contributed by atoms with Crippen LogP contribution in [0.3, 0.4) is 0 Å². The molecule has 2 aromatic rings. The number of carboxylic acid groups (broad SMARTS) is 1. The second-order valence-electron chi connectivity index (χ2n) is 3.38. The molecular weight excluding hydrogens is 312 g/mol. The summed E-state index contributed by atoms with van der Waals surface area (Å²) in [5.74, 6) is -0.824. The number of fused-ring (bicyclic) bond motifs is 1. The highest BCUT2D eigenvalue weighted by molar-refractivity contribution is 9.08. The number of aliphatic carboxylic acids is 1. The standard InChI is InChI=1S/C11H8BrClO2S/c12-4-7-5-16-11-8(13)2-1-6(10(7)11)3-9(14)15/h1-2,5H,3-4H2,(H,14,15). The van der Waals surface area contributed by atoms with Gasteiger partial charge in [-0.15, -0.1) is 11.3 Å². The smallest absolute Gasteiger partial charge is 0.307 e. The highest BCUT2D eigenvalue weighted by atomic mass is 79.9. The molecule has 1 heterocycles. The first-order valence-electron chi connectivity index (χ1n) is 4.58. The van der Waals surface area contributed by atoms with Crippen molar-refractivity contribution >= 4 is 54.9 Å². The predicted molar refractivity (Wildman–Crippen MR) is 70.8 cm³/mol. The molecule has 0 spiro atoms. The van der Waals surface area contributed by atoms with Crippen LogP contribution in [0.5, 0.6) is 0 Å². The van der Waals surface area contributed by atoms with E-state index in [-0.39, 0.29) is 6.42 Å². The molecule has 0 atom stereocenters. The third-order valence-electron chi connectivity index (χ3n) is 2.32. The molecule has 5 heteroatoms. The van der Waals surface area contributed by atoms with E-state index in [1.165, 1.54) is 0 Å². The van der Waals surface area contributed by atoms with Crippen LogP contribution in [0, 0.1) is 0 Å². The summed E-state index contributed by atoms with van der Waals surface area (Å²) < 4.78 is 0.967. The van der Waals surface area contributed by atoms with Gasteiger partial charge < -0.3 is 5.11 Å². The quantitative estimate of drug-likeness (QED) is 0.866. The molecule has 0 unspecified atom stereocenters. The number of hydrogen-bond acceptors (Lipinski definition) is 2. The Hall–Kier alpha value is -0.580. The fourth-order valence-electron chi connectivity index (χ4n) is 1.66. The van der Waals surface area contributed by atoms with Crippen LogP contribution >= 0.6 is 38.9 Å². The number of halogens is 2. The number of rotatable bonds is 3. The van der Waals surface area contributed by atoms with Crippen LogP contribution in [-0.2, 0) is 16.5 Å². The van der Waals surface area contributed by atoms with Crippen LogP contribution in [0.2, 0.25) is 5.02 Å². The third-order valence-corrected chi connectivity index (χ3v) is 4.41. The average Bonchev–Trinajstić information content (AvgIpc) is 2.66. The van der Waals surface area contributed by atoms with E-state index in [2.05, 4.69) is 15.9 Å². The van der Waals surface area contributed by atoms with Crippen molar-refractivity contribution in [3.05, 3.63) is 33.7 Å². The van der Waals surface area contributed by atoms with Gasteiger partial charge >= 0.3 is 5.97 Å². The van der Waals surface area contributed by atoms with Crippen molar-refractivity contribution in [2.24, 2.45) is 0 Å². The molecule has 1 N–H and O–H groups in total. The van der Waals surface area contributed by atoms with Gasteiger partial charge in [0.05, 0.1) is 16.1 Å². The van der Waals surface area contributed by atoms with E-state index in [4.69, 9.17) is 16.7 Å². The topological polar surface area (TPSA) is 37.3 Å². The zero-order valence-electron chi connectivity index (χ0n) is 8.17. The largest absolute Gasteiger partial charge is 0.481 e. The van der Waals surface area contributed by atoms with Gasteiger partial charge in [-0.1, -0.05) is 33.6 Å². The summed E-state index contributed by atoms with van der Waals surface area (Å²) in [7, 11) is 0. The molecule has 0 fully saturated rings. The molecule has 84 valence electrons. The summed E-state index contributed by atoms with van der Waals surface area (Å²) in [5, 5.41) is 13.2. The van der Waals surface area contributed by atoms with Gasteiger partial charge in [-0.2, -0.15) is 0 Å². The number of carboxylic acids is 1. The van der Waals surface area contributed by atoms with Crippen molar-refractivity contribution in [2.45, 2.75) is 11.8 Å². The molecule has 0 aliphatic rings. The Morgan fingerprint density at radius 1 is 1.44 bits per heavy atom. The zero-order chi connectivity index (χ0) is 11.7. The van der Waals surface area contributed by atoms with E-state index in [9.17, 15) is 4.79 Å². The first-order valence-corrected chi connectivity index (χ1v) is 6.96.